The summed E-state index contributed by atoms with van der Waals surface area (Å²) in [5, 5.41) is 0. The standard InChI is InChI=1S/C23H41N6O5P/c1-6-8-10-15(9-7-2)11-16-18(34-35(30,31)12-14(3)4)19(32-5)22(33-16)29-13-26-17-20(24)27-23(25)28-21(17)29/h13-16,18-19,22H,6-12H2,1-5H3,(H,30,31)(H4,24,25,27,28). The molecule has 1 fully saturated rings. The highest BCUT2D eigenvalue weighted by molar-refractivity contribution is 7.52. The van der Waals surface area contributed by atoms with Gasteiger partial charge in [0.25, 0.3) is 0 Å². The number of unbranched alkanes of at least 4 members (excludes halogenated alkanes) is 1. The number of nitrogens with zero attached hydrogens (tertiary/aromatic N) is 4. The van der Waals surface area contributed by atoms with Crippen molar-refractivity contribution < 1.29 is 23.5 Å². The minimum absolute atomic E-state index is 0.000957. The molecular formula is C23H41N6O5P. The molecule has 35 heavy (non-hydrogen) atoms. The van der Waals surface area contributed by atoms with Crippen LogP contribution in [0.3, 0.4) is 0 Å². The van der Waals surface area contributed by atoms with Crippen LogP contribution in [-0.2, 0) is 18.6 Å². The summed E-state index contributed by atoms with van der Waals surface area (Å²) >= 11 is 0. The van der Waals surface area contributed by atoms with Crippen molar-refractivity contribution in [3.8, 4) is 0 Å². The van der Waals surface area contributed by atoms with Gasteiger partial charge in [0.05, 0.1) is 18.6 Å². The molecule has 3 rings (SSSR count). The van der Waals surface area contributed by atoms with Gasteiger partial charge in [0, 0.05) is 7.11 Å². The summed E-state index contributed by atoms with van der Waals surface area (Å²) in [5.74, 6) is 0.596. The molecule has 0 saturated carbocycles. The third kappa shape index (κ3) is 6.71. The van der Waals surface area contributed by atoms with Gasteiger partial charge in [-0.1, -0.05) is 59.8 Å². The van der Waals surface area contributed by atoms with E-state index in [0.29, 0.717) is 23.5 Å². The van der Waals surface area contributed by atoms with E-state index in [1.54, 1.807) is 18.0 Å². The van der Waals surface area contributed by atoms with Gasteiger partial charge in [-0.15, -0.1) is 0 Å². The number of nitrogens with two attached hydrogens (primary N) is 2. The molecule has 1 aliphatic heterocycles. The lowest BCUT2D eigenvalue weighted by atomic mass is 9.89. The van der Waals surface area contributed by atoms with Gasteiger partial charge in [0.15, 0.2) is 17.7 Å². The molecule has 0 bridgehead atoms. The predicted octanol–water partition coefficient (Wildman–Crippen LogP) is 4.13. The molecule has 0 radical (unpaired) electrons. The van der Waals surface area contributed by atoms with Crippen LogP contribution in [0.5, 0.6) is 0 Å². The molecule has 198 valence electrons. The van der Waals surface area contributed by atoms with E-state index in [0.717, 1.165) is 32.1 Å². The van der Waals surface area contributed by atoms with Crippen LogP contribution >= 0.6 is 7.60 Å². The second-order valence-corrected chi connectivity index (χ2v) is 11.7. The zero-order valence-electron chi connectivity index (χ0n) is 21.5. The fourth-order valence-corrected chi connectivity index (χ4v) is 6.59. The molecule has 2 aromatic rings. The first-order chi connectivity index (χ1) is 16.6. The zero-order valence-corrected chi connectivity index (χ0v) is 22.4. The molecule has 6 unspecified atom stereocenters. The van der Waals surface area contributed by atoms with Crippen LogP contribution < -0.4 is 11.5 Å². The average Bonchev–Trinajstić information content (AvgIpc) is 3.32. The fraction of sp³-hybridized carbons (Fsp3) is 0.783. The van der Waals surface area contributed by atoms with Crippen molar-refractivity contribution >= 4 is 30.5 Å². The minimum Gasteiger partial charge on any atom is -0.382 e. The van der Waals surface area contributed by atoms with E-state index in [9.17, 15) is 9.46 Å². The van der Waals surface area contributed by atoms with Gasteiger partial charge in [0.2, 0.25) is 5.95 Å². The number of nitrogen functional groups attached to an aromatic ring is 2. The number of aromatic nitrogens is 4. The quantitative estimate of drug-likeness (QED) is 0.333. The molecular weight excluding hydrogens is 471 g/mol. The van der Waals surface area contributed by atoms with Crippen LogP contribution in [0.4, 0.5) is 11.8 Å². The first-order valence-corrected chi connectivity index (χ1v) is 14.3. The summed E-state index contributed by atoms with van der Waals surface area (Å²) in [7, 11) is -2.34. The lowest BCUT2D eigenvalue weighted by molar-refractivity contribution is -0.0528. The van der Waals surface area contributed by atoms with Crippen LogP contribution in [0, 0.1) is 11.8 Å². The molecule has 6 atom stereocenters. The van der Waals surface area contributed by atoms with Gasteiger partial charge in [0.1, 0.15) is 17.7 Å². The molecule has 3 heterocycles. The van der Waals surface area contributed by atoms with Crippen molar-refractivity contribution in [3.63, 3.8) is 0 Å². The van der Waals surface area contributed by atoms with Crippen LogP contribution in [0.25, 0.3) is 11.2 Å². The van der Waals surface area contributed by atoms with E-state index >= 15 is 0 Å². The van der Waals surface area contributed by atoms with Gasteiger partial charge in [-0.25, -0.2) is 4.98 Å². The Morgan fingerprint density at radius 3 is 2.57 bits per heavy atom. The molecule has 2 aromatic heterocycles. The van der Waals surface area contributed by atoms with E-state index in [1.807, 2.05) is 13.8 Å². The maximum absolute atomic E-state index is 13.0. The number of methoxy groups -OCH3 is 1. The molecule has 1 saturated heterocycles. The number of hydrogen-bond acceptors (Lipinski definition) is 9. The molecule has 0 spiro atoms. The van der Waals surface area contributed by atoms with Crippen molar-refractivity contribution in [2.45, 2.75) is 90.8 Å². The smallest absolute Gasteiger partial charge is 0.328 e. The zero-order chi connectivity index (χ0) is 25.8. The molecule has 0 aliphatic carbocycles. The summed E-state index contributed by atoms with van der Waals surface area (Å²) in [5.41, 5.74) is 12.6. The fourth-order valence-electron chi connectivity index (χ4n) is 4.95. The van der Waals surface area contributed by atoms with Crippen molar-refractivity contribution in [3.05, 3.63) is 6.33 Å². The summed E-state index contributed by atoms with van der Waals surface area (Å²) in [6, 6.07) is 0. The van der Waals surface area contributed by atoms with Gasteiger partial charge in [-0.2, -0.15) is 9.97 Å². The number of imidazole rings is 1. The highest BCUT2D eigenvalue weighted by Crippen LogP contribution is 2.50. The van der Waals surface area contributed by atoms with Crippen LogP contribution in [0.1, 0.15) is 72.4 Å². The number of ether oxygens (including phenoxy) is 2. The summed E-state index contributed by atoms with van der Waals surface area (Å²) < 4.78 is 33.0. The highest BCUT2D eigenvalue weighted by atomic mass is 31.2. The second-order valence-electron chi connectivity index (χ2n) is 9.87. The Bertz CT molecular complexity index is 1020. The van der Waals surface area contributed by atoms with Crippen molar-refractivity contribution in [1.29, 1.82) is 0 Å². The molecule has 12 heteroatoms. The van der Waals surface area contributed by atoms with E-state index in [4.69, 9.17) is 25.5 Å². The van der Waals surface area contributed by atoms with Crippen molar-refractivity contribution in [2.75, 3.05) is 24.7 Å². The third-order valence-corrected chi connectivity index (χ3v) is 8.17. The SMILES string of the molecule is CCCCC(CCC)CC1OC(n2cnc3c(N)nc(N)nc32)C(OC)C1OP(=O)(O)CC(C)C. The van der Waals surface area contributed by atoms with Crippen LogP contribution in [0.15, 0.2) is 6.33 Å². The molecule has 0 aromatic carbocycles. The molecule has 11 nitrogen and oxygen atoms in total. The number of fused-ring (bicyclic) bond motifs is 1. The minimum atomic E-state index is -3.88. The lowest BCUT2D eigenvalue weighted by Crippen LogP contribution is -2.36. The number of hydrogen-bond donors (Lipinski definition) is 3. The Morgan fingerprint density at radius 2 is 1.94 bits per heavy atom. The van der Waals surface area contributed by atoms with E-state index in [2.05, 4.69) is 28.8 Å². The van der Waals surface area contributed by atoms with Crippen LogP contribution in [-0.4, -0.2) is 56.0 Å². The largest absolute Gasteiger partial charge is 0.382 e. The summed E-state index contributed by atoms with van der Waals surface area (Å²) in [4.78, 5) is 23.3. The summed E-state index contributed by atoms with van der Waals surface area (Å²) in [6.07, 6.45) is 5.15. The van der Waals surface area contributed by atoms with E-state index in [1.165, 1.54) is 0 Å². The summed E-state index contributed by atoms with van der Waals surface area (Å²) in [6.45, 7) is 8.12. The maximum atomic E-state index is 13.0. The highest BCUT2D eigenvalue weighted by Gasteiger charge is 2.50. The predicted molar refractivity (Wildman–Crippen MR) is 136 cm³/mol. The van der Waals surface area contributed by atoms with Crippen LogP contribution in [0.2, 0.25) is 0 Å². The molecule has 1 aliphatic rings. The van der Waals surface area contributed by atoms with Gasteiger partial charge in [-0.05, 0) is 18.3 Å². The Kier molecular flexibility index (Phi) is 9.51. The Morgan fingerprint density at radius 1 is 1.20 bits per heavy atom. The lowest BCUT2D eigenvalue weighted by Gasteiger charge is -2.28. The third-order valence-electron chi connectivity index (χ3n) is 6.41. The van der Waals surface area contributed by atoms with E-state index in [-0.39, 0.29) is 23.8 Å². The number of rotatable bonds is 13. The van der Waals surface area contributed by atoms with Gasteiger partial charge < -0.3 is 25.8 Å². The normalized spacial score (nSPS) is 25.3. The second kappa shape index (κ2) is 12.0. The monoisotopic (exact) mass is 512 g/mol. The Labute approximate surface area is 207 Å². The maximum Gasteiger partial charge on any atom is 0.328 e. The average molecular weight is 513 g/mol. The van der Waals surface area contributed by atoms with E-state index < -0.39 is 32.1 Å². The first-order valence-electron chi connectivity index (χ1n) is 12.5. The van der Waals surface area contributed by atoms with Gasteiger partial charge >= 0.3 is 7.60 Å². The Balaban J connectivity index is 1.98. The van der Waals surface area contributed by atoms with Crippen molar-refractivity contribution in [2.24, 2.45) is 11.8 Å². The van der Waals surface area contributed by atoms with Crippen molar-refractivity contribution in [1.82, 2.24) is 19.5 Å². The first kappa shape index (κ1) is 27.8. The van der Waals surface area contributed by atoms with Gasteiger partial charge in [-0.3, -0.25) is 13.7 Å². The molecule has 0 amide bonds. The topological polar surface area (TPSA) is 161 Å². The molecule has 5 N–H and O–H groups in total. The number of anilines is 2. The Hall–Kier alpha value is -1.78.